The zero-order valence-electron chi connectivity index (χ0n) is 18.5. The molecule has 0 fully saturated rings. The summed E-state index contributed by atoms with van der Waals surface area (Å²) in [5, 5.41) is 20.3. The lowest BCUT2D eigenvalue weighted by atomic mass is 9.97. The smallest absolute Gasteiger partial charge is 0.343 e. The summed E-state index contributed by atoms with van der Waals surface area (Å²) in [6.45, 7) is 0.180. The second-order valence-electron chi connectivity index (χ2n) is 7.78. The van der Waals surface area contributed by atoms with E-state index in [9.17, 15) is 24.3 Å². The first-order valence-corrected chi connectivity index (χ1v) is 10.5. The van der Waals surface area contributed by atoms with Crippen molar-refractivity contribution < 1.29 is 38.9 Å². The molecule has 35 heavy (non-hydrogen) atoms. The van der Waals surface area contributed by atoms with E-state index in [0.717, 1.165) is 0 Å². The summed E-state index contributed by atoms with van der Waals surface area (Å²) < 4.78 is 11.0. The van der Waals surface area contributed by atoms with Crippen molar-refractivity contribution in [2.45, 2.75) is 31.2 Å². The number of carboxylic acid groups (broad SMARTS) is 2. The Bertz CT molecular complexity index is 1160. The van der Waals surface area contributed by atoms with Gasteiger partial charge in [-0.25, -0.2) is 14.6 Å². The van der Waals surface area contributed by atoms with E-state index in [0.29, 0.717) is 17.0 Å². The number of hydrogen-bond donors (Lipinski definition) is 5. The van der Waals surface area contributed by atoms with Gasteiger partial charge in [-0.2, -0.15) is 0 Å². The minimum atomic E-state index is -1.31. The fourth-order valence-electron chi connectivity index (χ4n) is 3.48. The van der Waals surface area contributed by atoms with Crippen molar-refractivity contribution in [1.82, 2.24) is 5.32 Å². The normalized spacial score (nSPS) is 14.7. The van der Waals surface area contributed by atoms with Crippen molar-refractivity contribution in [3.63, 3.8) is 0 Å². The SMILES string of the molecule is NC(N)=Nc1ccc(C(=O)Oc2ccc3c(c2)OC[C@H]3CC(=O)N[C@@H](CCC(=O)O)C(=O)O)cc1. The highest BCUT2D eigenvalue weighted by molar-refractivity contribution is 5.91. The van der Waals surface area contributed by atoms with Crippen LogP contribution in [0.25, 0.3) is 0 Å². The molecule has 2 aromatic rings. The molecule has 1 aliphatic heterocycles. The molecule has 12 nitrogen and oxygen atoms in total. The standard InChI is InChI=1S/C23H24N4O8/c24-23(25)26-14-3-1-12(2-4-14)22(33)35-15-5-6-16-13(11-34-18(16)10-15)9-19(28)27-17(21(31)32)7-8-20(29)30/h1-6,10,13,17H,7-9,11H2,(H,27,28)(H,29,30)(H,31,32)(H4,24,25,26)/t13-,17+/m1/s1. The molecule has 1 heterocycles. The molecule has 0 radical (unpaired) electrons. The van der Waals surface area contributed by atoms with Crippen LogP contribution in [0, 0.1) is 0 Å². The summed E-state index contributed by atoms with van der Waals surface area (Å²) >= 11 is 0. The van der Waals surface area contributed by atoms with E-state index in [1.165, 1.54) is 18.2 Å². The fraction of sp³-hybridized carbons (Fsp3) is 0.261. The highest BCUT2D eigenvalue weighted by atomic mass is 16.5. The Morgan fingerprint density at radius 3 is 2.46 bits per heavy atom. The summed E-state index contributed by atoms with van der Waals surface area (Å²) in [5.74, 6) is -3.35. The van der Waals surface area contributed by atoms with E-state index in [2.05, 4.69) is 10.3 Å². The molecule has 3 rings (SSSR count). The molecule has 2 atom stereocenters. The molecule has 2 aromatic carbocycles. The van der Waals surface area contributed by atoms with Gasteiger partial charge in [0, 0.05) is 30.4 Å². The first kappa shape index (κ1) is 25.0. The number of aliphatic imine (C=N–C) groups is 1. The van der Waals surface area contributed by atoms with Gasteiger partial charge in [0.1, 0.15) is 17.5 Å². The van der Waals surface area contributed by atoms with Crippen molar-refractivity contribution in [1.29, 1.82) is 0 Å². The average Bonchev–Trinajstić information content (AvgIpc) is 3.18. The molecule has 0 saturated heterocycles. The number of rotatable bonds is 10. The van der Waals surface area contributed by atoms with Crippen LogP contribution < -0.4 is 26.3 Å². The lowest BCUT2D eigenvalue weighted by molar-refractivity contribution is -0.143. The highest BCUT2D eigenvalue weighted by Crippen LogP contribution is 2.38. The number of fused-ring (bicyclic) bond motifs is 1. The number of nitrogens with zero attached hydrogens (tertiary/aromatic N) is 1. The van der Waals surface area contributed by atoms with E-state index in [4.69, 9.17) is 26.0 Å². The first-order valence-electron chi connectivity index (χ1n) is 10.5. The number of esters is 1. The molecule has 0 aliphatic carbocycles. The van der Waals surface area contributed by atoms with E-state index < -0.39 is 29.9 Å². The minimum absolute atomic E-state index is 0.0505. The van der Waals surface area contributed by atoms with Crippen LogP contribution in [0.15, 0.2) is 47.5 Å². The maximum atomic E-state index is 12.4. The van der Waals surface area contributed by atoms with Crippen molar-refractivity contribution in [3.05, 3.63) is 53.6 Å². The van der Waals surface area contributed by atoms with Gasteiger partial charge in [-0.15, -0.1) is 0 Å². The molecule has 1 amide bonds. The average molecular weight is 484 g/mol. The fourth-order valence-corrected chi connectivity index (χ4v) is 3.48. The molecule has 184 valence electrons. The lowest BCUT2D eigenvalue weighted by Gasteiger charge is -2.15. The van der Waals surface area contributed by atoms with Crippen LogP contribution in [-0.4, -0.2) is 52.6 Å². The molecule has 0 aromatic heterocycles. The number of amides is 1. The van der Waals surface area contributed by atoms with Crippen LogP contribution in [0.2, 0.25) is 0 Å². The zero-order valence-corrected chi connectivity index (χ0v) is 18.5. The quantitative estimate of drug-likeness (QED) is 0.141. The number of carbonyl (C=O) groups is 4. The maximum Gasteiger partial charge on any atom is 0.343 e. The molecule has 0 unspecified atom stereocenters. The number of aliphatic carboxylic acids is 2. The highest BCUT2D eigenvalue weighted by Gasteiger charge is 2.29. The van der Waals surface area contributed by atoms with Gasteiger partial charge >= 0.3 is 17.9 Å². The summed E-state index contributed by atoms with van der Waals surface area (Å²) in [6.07, 6.45) is -0.653. The third kappa shape index (κ3) is 6.93. The number of ether oxygens (including phenoxy) is 2. The van der Waals surface area contributed by atoms with Crippen molar-refractivity contribution in [2.75, 3.05) is 6.61 Å². The number of guanidine groups is 1. The van der Waals surface area contributed by atoms with Gasteiger partial charge in [0.05, 0.1) is 17.9 Å². The first-order chi connectivity index (χ1) is 16.6. The number of hydrogen-bond acceptors (Lipinski definition) is 7. The number of carboxylic acids is 2. The van der Waals surface area contributed by atoms with E-state index >= 15 is 0 Å². The predicted molar refractivity (Wildman–Crippen MR) is 123 cm³/mol. The van der Waals surface area contributed by atoms with Crippen molar-refractivity contribution >= 4 is 35.5 Å². The predicted octanol–water partition coefficient (Wildman–Crippen LogP) is 1.11. The monoisotopic (exact) mass is 484 g/mol. The number of benzene rings is 2. The number of nitrogens with one attached hydrogen (secondary N) is 1. The molecular weight excluding hydrogens is 460 g/mol. The van der Waals surface area contributed by atoms with Crippen LogP contribution in [0.5, 0.6) is 11.5 Å². The number of carbonyl (C=O) groups excluding carboxylic acids is 2. The summed E-state index contributed by atoms with van der Waals surface area (Å²) in [5.41, 5.74) is 12.1. The topological polar surface area (TPSA) is 204 Å². The third-order valence-corrected chi connectivity index (χ3v) is 5.15. The van der Waals surface area contributed by atoms with Gasteiger partial charge in [-0.3, -0.25) is 9.59 Å². The van der Waals surface area contributed by atoms with E-state index in [1.807, 2.05) is 0 Å². The van der Waals surface area contributed by atoms with Gasteiger partial charge in [-0.05, 0) is 36.8 Å². The Labute approximate surface area is 199 Å². The second-order valence-corrected chi connectivity index (χ2v) is 7.78. The molecule has 7 N–H and O–H groups in total. The Balaban J connectivity index is 1.60. The Morgan fingerprint density at radius 2 is 1.83 bits per heavy atom. The Kier molecular flexibility index (Phi) is 7.87. The molecule has 1 aliphatic rings. The summed E-state index contributed by atoms with van der Waals surface area (Å²) in [7, 11) is 0. The largest absolute Gasteiger partial charge is 0.492 e. The Hall–Kier alpha value is -4.61. The van der Waals surface area contributed by atoms with Gasteiger partial charge < -0.3 is 36.5 Å². The molecule has 0 bridgehead atoms. The zero-order chi connectivity index (χ0) is 25.5. The maximum absolute atomic E-state index is 12.4. The van der Waals surface area contributed by atoms with Crippen molar-refractivity contribution in [2.24, 2.45) is 16.5 Å². The van der Waals surface area contributed by atoms with Crippen LogP contribution in [0.4, 0.5) is 5.69 Å². The van der Waals surface area contributed by atoms with Gasteiger partial charge in [0.2, 0.25) is 5.91 Å². The summed E-state index contributed by atoms with van der Waals surface area (Å²) in [6, 6.07) is 9.64. The van der Waals surface area contributed by atoms with Crippen LogP contribution in [0.1, 0.15) is 41.1 Å². The molecule has 12 heteroatoms. The van der Waals surface area contributed by atoms with Crippen LogP contribution >= 0.6 is 0 Å². The van der Waals surface area contributed by atoms with E-state index in [1.54, 1.807) is 24.3 Å². The van der Waals surface area contributed by atoms with Gasteiger partial charge in [-0.1, -0.05) is 6.07 Å². The molecule has 0 spiro atoms. The third-order valence-electron chi connectivity index (χ3n) is 5.15. The van der Waals surface area contributed by atoms with E-state index in [-0.39, 0.29) is 49.1 Å². The minimum Gasteiger partial charge on any atom is -0.492 e. The Morgan fingerprint density at radius 1 is 1.11 bits per heavy atom. The number of nitrogens with two attached hydrogens (primary N) is 2. The van der Waals surface area contributed by atoms with Crippen LogP contribution in [-0.2, 0) is 14.4 Å². The summed E-state index contributed by atoms with van der Waals surface area (Å²) in [4.78, 5) is 50.6. The van der Waals surface area contributed by atoms with Gasteiger partial charge in [0.15, 0.2) is 5.96 Å². The van der Waals surface area contributed by atoms with Crippen LogP contribution in [0.3, 0.4) is 0 Å². The molecular formula is C23H24N4O8. The van der Waals surface area contributed by atoms with Crippen molar-refractivity contribution in [3.8, 4) is 11.5 Å². The van der Waals surface area contributed by atoms with Gasteiger partial charge in [0.25, 0.3) is 0 Å². The lowest BCUT2D eigenvalue weighted by Crippen LogP contribution is -2.41. The molecule has 0 saturated carbocycles. The second kappa shape index (κ2) is 11.0.